The van der Waals surface area contributed by atoms with Crippen molar-refractivity contribution in [2.45, 2.75) is 25.8 Å². The number of rotatable bonds is 1. The van der Waals surface area contributed by atoms with Crippen LogP contribution in [0, 0.1) is 0 Å². The highest BCUT2D eigenvalue weighted by molar-refractivity contribution is 5.38. The molecule has 1 rings (SSSR count). The zero-order chi connectivity index (χ0) is 8.27. The molecule has 2 N–H and O–H groups in total. The molecule has 1 heteroatoms. The second kappa shape index (κ2) is 3.54. The third-order valence-electron chi connectivity index (χ3n) is 2.04. The van der Waals surface area contributed by atoms with Gasteiger partial charge in [-0.1, -0.05) is 24.8 Å². The van der Waals surface area contributed by atoms with Crippen molar-refractivity contribution in [2.75, 3.05) is 0 Å². The van der Waals surface area contributed by atoms with Gasteiger partial charge in [-0.2, -0.15) is 0 Å². The summed E-state index contributed by atoms with van der Waals surface area (Å²) in [6, 6.07) is 0.326. The minimum Gasteiger partial charge on any atom is -0.327 e. The van der Waals surface area contributed by atoms with Crippen molar-refractivity contribution in [1.82, 2.24) is 0 Å². The fraction of sp³-hybridized carbons (Fsp3) is 0.400. The zero-order valence-electron chi connectivity index (χ0n) is 7.01. The standard InChI is InChI=1S/C10H15N/c1-3-5-9-7-10(11)6-8(9)4-2/h3-5,10H,1,6-7,11H2,2H3. The monoisotopic (exact) mass is 149 g/mol. The summed E-state index contributed by atoms with van der Waals surface area (Å²) < 4.78 is 0. The van der Waals surface area contributed by atoms with E-state index in [1.165, 1.54) is 11.1 Å². The number of nitrogens with two attached hydrogens (primary N) is 1. The van der Waals surface area contributed by atoms with Crippen molar-refractivity contribution in [3.63, 3.8) is 0 Å². The van der Waals surface area contributed by atoms with Gasteiger partial charge in [0.1, 0.15) is 0 Å². The Balaban J connectivity index is 2.81. The summed E-state index contributed by atoms with van der Waals surface area (Å²) in [7, 11) is 0. The lowest BCUT2D eigenvalue weighted by Gasteiger charge is -1.95. The van der Waals surface area contributed by atoms with Crippen LogP contribution in [-0.2, 0) is 0 Å². The van der Waals surface area contributed by atoms with Crippen LogP contribution in [-0.4, -0.2) is 6.04 Å². The Morgan fingerprint density at radius 1 is 1.45 bits per heavy atom. The van der Waals surface area contributed by atoms with E-state index in [2.05, 4.69) is 25.7 Å². The third-order valence-corrected chi connectivity index (χ3v) is 2.04. The Kier molecular flexibility index (Phi) is 2.66. The van der Waals surface area contributed by atoms with Gasteiger partial charge in [0.25, 0.3) is 0 Å². The lowest BCUT2D eigenvalue weighted by Crippen LogP contribution is -2.13. The van der Waals surface area contributed by atoms with Crippen molar-refractivity contribution in [3.05, 3.63) is 36.0 Å². The molecule has 0 aliphatic heterocycles. The quantitative estimate of drug-likeness (QED) is 0.607. The van der Waals surface area contributed by atoms with Gasteiger partial charge < -0.3 is 5.73 Å². The molecule has 1 nitrogen and oxygen atoms in total. The molecule has 1 atom stereocenters. The molecule has 11 heavy (non-hydrogen) atoms. The van der Waals surface area contributed by atoms with Gasteiger partial charge in [-0.25, -0.2) is 0 Å². The minimum absolute atomic E-state index is 0.326. The van der Waals surface area contributed by atoms with Gasteiger partial charge in [0.2, 0.25) is 0 Å². The van der Waals surface area contributed by atoms with E-state index in [-0.39, 0.29) is 0 Å². The molecule has 0 aromatic rings. The molecular formula is C10H15N. The first kappa shape index (κ1) is 8.28. The van der Waals surface area contributed by atoms with Crippen molar-refractivity contribution in [1.29, 1.82) is 0 Å². The molecule has 0 radical (unpaired) electrons. The Morgan fingerprint density at radius 3 is 2.64 bits per heavy atom. The van der Waals surface area contributed by atoms with Crippen LogP contribution in [0.2, 0.25) is 0 Å². The van der Waals surface area contributed by atoms with Crippen molar-refractivity contribution >= 4 is 0 Å². The first-order chi connectivity index (χ1) is 5.27. The summed E-state index contributed by atoms with van der Waals surface area (Å²) in [6.45, 7) is 5.73. The lowest BCUT2D eigenvalue weighted by molar-refractivity contribution is 0.735. The molecule has 1 fully saturated rings. The van der Waals surface area contributed by atoms with Crippen LogP contribution in [0.5, 0.6) is 0 Å². The number of hydrogen-bond acceptors (Lipinski definition) is 1. The van der Waals surface area contributed by atoms with E-state index in [0.717, 1.165) is 12.8 Å². The first-order valence-electron chi connectivity index (χ1n) is 4.00. The summed E-state index contributed by atoms with van der Waals surface area (Å²) in [5.74, 6) is 0. The molecule has 0 aromatic carbocycles. The van der Waals surface area contributed by atoms with Gasteiger partial charge in [-0.15, -0.1) is 0 Å². The second-order valence-electron chi connectivity index (χ2n) is 2.91. The summed E-state index contributed by atoms with van der Waals surface area (Å²) in [4.78, 5) is 0. The van der Waals surface area contributed by atoms with Crippen LogP contribution in [0.15, 0.2) is 36.0 Å². The third kappa shape index (κ3) is 1.81. The predicted octanol–water partition coefficient (Wildman–Crippen LogP) is 2.17. The predicted molar refractivity (Wildman–Crippen MR) is 49.2 cm³/mol. The van der Waals surface area contributed by atoms with Gasteiger partial charge >= 0.3 is 0 Å². The molecule has 0 spiro atoms. The van der Waals surface area contributed by atoms with Crippen molar-refractivity contribution in [2.24, 2.45) is 5.73 Å². The van der Waals surface area contributed by atoms with Crippen LogP contribution in [0.1, 0.15) is 19.8 Å². The SMILES string of the molecule is C=CC=C1CC(N)CC1=CC. The molecule has 1 saturated carbocycles. The second-order valence-corrected chi connectivity index (χ2v) is 2.91. The molecular weight excluding hydrogens is 134 g/mol. The largest absolute Gasteiger partial charge is 0.327 e. The van der Waals surface area contributed by atoms with E-state index < -0.39 is 0 Å². The summed E-state index contributed by atoms with van der Waals surface area (Å²) in [5.41, 5.74) is 8.55. The van der Waals surface area contributed by atoms with E-state index in [1.54, 1.807) is 0 Å². The van der Waals surface area contributed by atoms with Crippen LogP contribution in [0.25, 0.3) is 0 Å². The number of allylic oxidation sites excluding steroid dienone is 3. The van der Waals surface area contributed by atoms with Crippen LogP contribution in [0.4, 0.5) is 0 Å². The molecule has 0 aromatic heterocycles. The van der Waals surface area contributed by atoms with E-state index in [9.17, 15) is 0 Å². The fourth-order valence-corrected chi connectivity index (χ4v) is 1.52. The van der Waals surface area contributed by atoms with Gasteiger partial charge in [-0.05, 0) is 30.9 Å². The average Bonchev–Trinajstić information content (AvgIpc) is 2.32. The molecule has 0 heterocycles. The Labute approximate surface area is 68.3 Å². The van der Waals surface area contributed by atoms with Gasteiger partial charge in [0.15, 0.2) is 0 Å². The van der Waals surface area contributed by atoms with E-state index in [1.807, 2.05) is 6.08 Å². The highest BCUT2D eigenvalue weighted by atomic mass is 14.6. The molecule has 0 bridgehead atoms. The van der Waals surface area contributed by atoms with Gasteiger partial charge in [-0.3, -0.25) is 0 Å². The van der Waals surface area contributed by atoms with E-state index in [4.69, 9.17) is 5.73 Å². The molecule has 0 saturated heterocycles. The Bertz CT molecular complexity index is 211. The maximum absolute atomic E-state index is 5.81. The highest BCUT2D eigenvalue weighted by Crippen LogP contribution is 2.29. The molecule has 1 aliphatic rings. The fourth-order valence-electron chi connectivity index (χ4n) is 1.52. The van der Waals surface area contributed by atoms with Crippen LogP contribution in [0.3, 0.4) is 0 Å². The molecule has 0 amide bonds. The Morgan fingerprint density at radius 2 is 2.09 bits per heavy atom. The topological polar surface area (TPSA) is 26.0 Å². The summed E-state index contributed by atoms with van der Waals surface area (Å²) in [5, 5.41) is 0. The van der Waals surface area contributed by atoms with Crippen molar-refractivity contribution in [3.8, 4) is 0 Å². The van der Waals surface area contributed by atoms with Crippen molar-refractivity contribution < 1.29 is 0 Å². The zero-order valence-corrected chi connectivity index (χ0v) is 7.01. The van der Waals surface area contributed by atoms with E-state index >= 15 is 0 Å². The first-order valence-corrected chi connectivity index (χ1v) is 4.00. The van der Waals surface area contributed by atoms with E-state index in [0.29, 0.717) is 6.04 Å². The Hall–Kier alpha value is -0.820. The maximum Gasteiger partial charge on any atom is 0.0120 e. The average molecular weight is 149 g/mol. The minimum atomic E-state index is 0.326. The number of hydrogen-bond donors (Lipinski definition) is 1. The van der Waals surface area contributed by atoms with Crippen LogP contribution >= 0.6 is 0 Å². The molecule has 60 valence electrons. The van der Waals surface area contributed by atoms with Gasteiger partial charge in [0, 0.05) is 6.04 Å². The molecule has 1 aliphatic carbocycles. The lowest BCUT2D eigenvalue weighted by atomic mass is 10.1. The normalized spacial score (nSPS) is 31.6. The van der Waals surface area contributed by atoms with Crippen LogP contribution < -0.4 is 5.73 Å². The summed E-state index contributed by atoms with van der Waals surface area (Å²) in [6.07, 6.45) is 8.06. The van der Waals surface area contributed by atoms with Gasteiger partial charge in [0.05, 0.1) is 0 Å². The maximum atomic E-state index is 5.81. The highest BCUT2D eigenvalue weighted by Gasteiger charge is 2.18. The molecule has 1 unspecified atom stereocenters. The summed E-state index contributed by atoms with van der Waals surface area (Å²) >= 11 is 0. The smallest absolute Gasteiger partial charge is 0.0120 e.